The maximum Gasteiger partial charge on any atom is 0.162 e. The molecule has 0 radical (unpaired) electrons. The van der Waals surface area contributed by atoms with Crippen LogP contribution >= 0.6 is 0 Å². The highest BCUT2D eigenvalue weighted by molar-refractivity contribution is 5.84. The maximum absolute atomic E-state index is 13.4. The van der Waals surface area contributed by atoms with Crippen LogP contribution in [0.2, 0.25) is 0 Å². The van der Waals surface area contributed by atoms with E-state index in [0.29, 0.717) is 48.6 Å². The van der Waals surface area contributed by atoms with Crippen LogP contribution in [0.1, 0.15) is 89.5 Å². The lowest BCUT2D eigenvalue weighted by Gasteiger charge is -2.60. The molecule has 5 heteroatoms. The molecule has 8 atom stereocenters. The molecule has 6 rings (SSSR count). The van der Waals surface area contributed by atoms with Crippen molar-refractivity contribution in [2.45, 2.75) is 90.1 Å². The average molecular weight is 538 g/mol. The highest BCUT2D eigenvalue weighted by atomic mass is 16.5. The van der Waals surface area contributed by atoms with Gasteiger partial charge in [0.25, 0.3) is 0 Å². The minimum absolute atomic E-state index is 0.144. The van der Waals surface area contributed by atoms with Crippen molar-refractivity contribution in [3.63, 3.8) is 0 Å². The van der Waals surface area contributed by atoms with Crippen molar-refractivity contribution in [3.8, 4) is 5.75 Å². The number of rotatable bonds is 9. The lowest BCUT2D eigenvalue weighted by Crippen LogP contribution is -2.56. The second kappa shape index (κ2) is 11.4. The third-order valence-corrected chi connectivity index (χ3v) is 12.3. The van der Waals surface area contributed by atoms with Gasteiger partial charge in [0.15, 0.2) is 5.78 Å². The molecule has 4 saturated carbocycles. The Morgan fingerprint density at radius 1 is 0.897 bits per heavy atom. The predicted molar refractivity (Wildman–Crippen MR) is 154 cm³/mol. The van der Waals surface area contributed by atoms with Crippen LogP contribution in [-0.2, 0) is 14.3 Å². The summed E-state index contributed by atoms with van der Waals surface area (Å²) in [7, 11) is 1.75. The summed E-state index contributed by atoms with van der Waals surface area (Å²) in [5.41, 5.74) is 2.01. The third kappa shape index (κ3) is 5.21. The first-order chi connectivity index (χ1) is 18.9. The van der Waals surface area contributed by atoms with Crippen LogP contribution in [0.4, 0.5) is 0 Å². The molecule has 0 bridgehead atoms. The van der Waals surface area contributed by atoms with Gasteiger partial charge in [0.1, 0.15) is 11.9 Å². The highest BCUT2D eigenvalue weighted by Crippen LogP contribution is 2.68. The van der Waals surface area contributed by atoms with Crippen molar-refractivity contribution in [2.24, 2.45) is 34.5 Å². The Bertz CT molecular complexity index is 989. The van der Waals surface area contributed by atoms with Crippen LogP contribution in [0.3, 0.4) is 0 Å². The van der Waals surface area contributed by atoms with E-state index in [2.05, 4.69) is 43.0 Å². The van der Waals surface area contributed by atoms with E-state index in [1.165, 1.54) is 70.0 Å². The van der Waals surface area contributed by atoms with Gasteiger partial charge in [-0.25, -0.2) is 0 Å². The maximum atomic E-state index is 13.4. The summed E-state index contributed by atoms with van der Waals surface area (Å²) in [5, 5.41) is 0. The molecule has 0 amide bonds. The fourth-order valence-corrected chi connectivity index (χ4v) is 10.2. The quantitative estimate of drug-likeness (QED) is 0.337. The Labute approximate surface area is 236 Å². The Balaban J connectivity index is 1.04. The predicted octanol–water partition coefficient (Wildman–Crippen LogP) is 6.50. The topological polar surface area (TPSA) is 48.0 Å². The van der Waals surface area contributed by atoms with Crippen molar-refractivity contribution in [3.05, 3.63) is 29.8 Å². The smallest absolute Gasteiger partial charge is 0.162 e. The SMILES string of the molecule is COc1ccc(C2CC[C@H]3[C@@H]4CCC5CC(OCCOCCN6CCCC6)C(=O)C[C@]5(C)[C@@H]4CC[C@]23C)cc1. The van der Waals surface area contributed by atoms with Gasteiger partial charge in [-0.2, -0.15) is 0 Å². The third-order valence-electron chi connectivity index (χ3n) is 12.3. The van der Waals surface area contributed by atoms with Crippen molar-refractivity contribution < 1.29 is 19.0 Å². The average Bonchev–Trinajstić information content (AvgIpc) is 3.58. The summed E-state index contributed by atoms with van der Waals surface area (Å²) >= 11 is 0. The molecular weight excluding hydrogens is 486 g/mol. The van der Waals surface area contributed by atoms with Gasteiger partial charge in [-0.15, -0.1) is 0 Å². The first kappa shape index (κ1) is 27.7. The number of carbonyl (C=O) groups is 1. The van der Waals surface area contributed by atoms with Gasteiger partial charge in [-0.1, -0.05) is 26.0 Å². The number of fused-ring (bicyclic) bond motifs is 5. The monoisotopic (exact) mass is 537 g/mol. The van der Waals surface area contributed by atoms with Crippen molar-refractivity contribution in [1.29, 1.82) is 0 Å². The zero-order valence-corrected chi connectivity index (χ0v) is 24.7. The molecule has 3 unspecified atom stereocenters. The molecule has 0 aromatic heterocycles. The minimum atomic E-state index is -0.221. The van der Waals surface area contributed by atoms with Gasteiger partial charge in [0.05, 0.1) is 26.9 Å². The van der Waals surface area contributed by atoms with E-state index in [1.807, 2.05) is 0 Å². The molecule has 1 aromatic carbocycles. The Hall–Kier alpha value is -1.43. The van der Waals surface area contributed by atoms with E-state index < -0.39 is 0 Å². The lowest BCUT2D eigenvalue weighted by atomic mass is 9.44. The molecule has 1 saturated heterocycles. The Morgan fingerprint density at radius 2 is 1.67 bits per heavy atom. The standard InChI is InChI=1S/C34H51NO4/c1-33-15-14-30-27(29(33)13-12-28(33)24-6-9-26(37-3)10-7-24)11-8-25-22-32(31(36)23-34(25,30)2)39-21-20-38-19-18-35-16-4-5-17-35/h6-7,9-10,25,27-30,32H,4-5,8,11-23H2,1-3H3/t25?,27-,28?,29-,30+,32?,33+,34-/m0/s1. The summed E-state index contributed by atoms with van der Waals surface area (Å²) in [4.78, 5) is 15.9. The van der Waals surface area contributed by atoms with E-state index in [1.54, 1.807) is 7.11 Å². The van der Waals surface area contributed by atoms with Crippen LogP contribution in [0, 0.1) is 34.5 Å². The fourth-order valence-electron chi connectivity index (χ4n) is 10.2. The van der Waals surface area contributed by atoms with Gasteiger partial charge in [0.2, 0.25) is 0 Å². The molecule has 5 aliphatic rings. The summed E-state index contributed by atoms with van der Waals surface area (Å²) in [6.45, 7) is 10.4. The van der Waals surface area contributed by atoms with Crippen molar-refractivity contribution in [2.75, 3.05) is 46.6 Å². The van der Waals surface area contributed by atoms with E-state index in [0.717, 1.165) is 37.2 Å². The molecule has 5 nitrogen and oxygen atoms in total. The van der Waals surface area contributed by atoms with Crippen LogP contribution in [0.15, 0.2) is 24.3 Å². The van der Waals surface area contributed by atoms with Gasteiger partial charge < -0.3 is 19.1 Å². The molecule has 1 aromatic rings. The first-order valence-corrected chi connectivity index (χ1v) is 16.0. The number of methoxy groups -OCH3 is 1. The van der Waals surface area contributed by atoms with Crippen molar-refractivity contribution in [1.82, 2.24) is 4.90 Å². The number of carbonyl (C=O) groups excluding carboxylic acids is 1. The molecule has 1 heterocycles. The summed E-state index contributed by atoms with van der Waals surface area (Å²) in [5.74, 6) is 4.78. The molecule has 4 aliphatic carbocycles. The molecule has 39 heavy (non-hydrogen) atoms. The number of Topliss-reactive ketones (excluding diaryl/α,β-unsaturated/α-hetero) is 1. The molecular formula is C34H51NO4. The summed E-state index contributed by atoms with van der Waals surface area (Å²) < 4.78 is 17.4. The highest BCUT2D eigenvalue weighted by Gasteiger charge is 2.61. The largest absolute Gasteiger partial charge is 0.497 e. The fraction of sp³-hybridized carbons (Fsp3) is 0.794. The number of ether oxygens (including phenoxy) is 3. The van der Waals surface area contributed by atoms with Gasteiger partial charge in [0, 0.05) is 13.0 Å². The van der Waals surface area contributed by atoms with E-state index in [9.17, 15) is 4.79 Å². The summed E-state index contributed by atoms with van der Waals surface area (Å²) in [6, 6.07) is 8.88. The molecule has 5 fully saturated rings. The zero-order chi connectivity index (χ0) is 27.0. The van der Waals surface area contributed by atoms with E-state index in [4.69, 9.17) is 14.2 Å². The number of benzene rings is 1. The number of hydrogen-bond donors (Lipinski definition) is 0. The molecule has 1 aliphatic heterocycles. The van der Waals surface area contributed by atoms with Gasteiger partial charge in [-0.05, 0) is 129 Å². The molecule has 0 N–H and O–H groups in total. The Morgan fingerprint density at radius 3 is 2.44 bits per heavy atom. The Kier molecular flexibility index (Phi) is 8.14. The van der Waals surface area contributed by atoms with E-state index >= 15 is 0 Å². The van der Waals surface area contributed by atoms with Gasteiger partial charge in [-0.3, -0.25) is 4.79 Å². The summed E-state index contributed by atoms with van der Waals surface area (Å²) in [6.07, 6.45) is 11.9. The molecule has 216 valence electrons. The van der Waals surface area contributed by atoms with Crippen LogP contribution < -0.4 is 4.74 Å². The van der Waals surface area contributed by atoms with E-state index in [-0.39, 0.29) is 11.5 Å². The number of hydrogen-bond acceptors (Lipinski definition) is 5. The lowest BCUT2D eigenvalue weighted by molar-refractivity contribution is -0.160. The number of ketones is 1. The van der Waals surface area contributed by atoms with Crippen LogP contribution in [-0.4, -0.2) is 63.4 Å². The minimum Gasteiger partial charge on any atom is -0.497 e. The molecule has 0 spiro atoms. The van der Waals surface area contributed by atoms with Gasteiger partial charge >= 0.3 is 0 Å². The van der Waals surface area contributed by atoms with Crippen LogP contribution in [0.5, 0.6) is 5.75 Å². The van der Waals surface area contributed by atoms with Crippen LogP contribution in [0.25, 0.3) is 0 Å². The zero-order valence-electron chi connectivity index (χ0n) is 24.7. The first-order valence-electron chi connectivity index (χ1n) is 16.0. The van der Waals surface area contributed by atoms with Crippen molar-refractivity contribution >= 4 is 5.78 Å². The number of nitrogens with zero attached hydrogens (tertiary/aromatic N) is 1. The number of likely N-dealkylation sites (tertiary alicyclic amines) is 1. The normalized spacial score (nSPS) is 40.2. The second-order valence-corrected chi connectivity index (χ2v) is 14.0. The second-order valence-electron chi connectivity index (χ2n) is 14.0.